The van der Waals surface area contributed by atoms with Crippen LogP contribution in [0.3, 0.4) is 0 Å². The van der Waals surface area contributed by atoms with Crippen LogP contribution in [0.4, 0.5) is 5.69 Å². The third-order valence-corrected chi connectivity index (χ3v) is 6.58. The molecule has 0 aliphatic carbocycles. The van der Waals surface area contributed by atoms with Crippen LogP contribution >= 0.6 is 11.8 Å². The van der Waals surface area contributed by atoms with Crippen LogP contribution in [-0.2, 0) is 18.3 Å². The standard InChI is InChI=1S/C27H27N5O2S/c1-19(21-13-7-4-8-14-21)28-26(34)22-15-9-10-16-23(22)29-25(33)18-35-27-31-30-24(32(27)2)17-20-11-5-3-6-12-20/h3-16,19H,17-18H2,1-2H3,(H,28,34)(H,29,33). The van der Waals surface area contributed by atoms with Crippen molar-refractivity contribution in [1.82, 2.24) is 20.1 Å². The van der Waals surface area contributed by atoms with Crippen LogP contribution in [0.1, 0.15) is 40.3 Å². The van der Waals surface area contributed by atoms with Crippen LogP contribution in [0.15, 0.2) is 90.1 Å². The molecule has 0 aliphatic heterocycles. The van der Waals surface area contributed by atoms with Crippen LogP contribution in [-0.4, -0.2) is 32.3 Å². The number of nitrogens with one attached hydrogen (secondary N) is 2. The van der Waals surface area contributed by atoms with Crippen molar-refractivity contribution in [3.63, 3.8) is 0 Å². The zero-order chi connectivity index (χ0) is 24.6. The van der Waals surface area contributed by atoms with Gasteiger partial charge in [0.2, 0.25) is 5.91 Å². The summed E-state index contributed by atoms with van der Waals surface area (Å²) in [5.41, 5.74) is 3.04. The van der Waals surface area contributed by atoms with Gasteiger partial charge in [0.1, 0.15) is 5.82 Å². The molecule has 1 aromatic heterocycles. The summed E-state index contributed by atoms with van der Waals surface area (Å²) in [5, 5.41) is 15.0. The number of hydrogen-bond donors (Lipinski definition) is 2. The topological polar surface area (TPSA) is 88.9 Å². The Labute approximate surface area is 209 Å². The molecular formula is C27H27N5O2S. The first kappa shape index (κ1) is 24.2. The molecule has 2 amide bonds. The molecule has 0 saturated heterocycles. The van der Waals surface area contributed by atoms with Crippen molar-refractivity contribution in [2.75, 3.05) is 11.1 Å². The molecule has 0 aliphatic rings. The van der Waals surface area contributed by atoms with E-state index >= 15 is 0 Å². The van der Waals surface area contributed by atoms with Crippen molar-refractivity contribution < 1.29 is 9.59 Å². The Kier molecular flexibility index (Phi) is 7.95. The molecule has 0 radical (unpaired) electrons. The summed E-state index contributed by atoms with van der Waals surface area (Å²) < 4.78 is 1.90. The van der Waals surface area contributed by atoms with Gasteiger partial charge in [0.15, 0.2) is 5.16 Å². The van der Waals surface area contributed by atoms with E-state index in [1.165, 1.54) is 11.8 Å². The molecular weight excluding hydrogens is 458 g/mol. The summed E-state index contributed by atoms with van der Waals surface area (Å²) in [6.45, 7) is 1.93. The lowest BCUT2D eigenvalue weighted by molar-refractivity contribution is -0.113. The van der Waals surface area contributed by atoms with Crippen LogP contribution in [0, 0.1) is 0 Å². The van der Waals surface area contributed by atoms with Crippen LogP contribution in [0.2, 0.25) is 0 Å². The minimum atomic E-state index is -0.247. The molecule has 1 unspecified atom stereocenters. The fourth-order valence-electron chi connectivity index (χ4n) is 3.61. The Morgan fingerprint density at radius 1 is 0.914 bits per heavy atom. The lowest BCUT2D eigenvalue weighted by Crippen LogP contribution is -2.28. The molecule has 3 aromatic carbocycles. The molecule has 35 heavy (non-hydrogen) atoms. The van der Waals surface area contributed by atoms with Crippen LogP contribution in [0.5, 0.6) is 0 Å². The number of benzene rings is 3. The zero-order valence-corrected chi connectivity index (χ0v) is 20.5. The van der Waals surface area contributed by atoms with Gasteiger partial charge in [0.05, 0.1) is 23.0 Å². The van der Waals surface area contributed by atoms with E-state index in [0.29, 0.717) is 22.8 Å². The van der Waals surface area contributed by atoms with E-state index in [0.717, 1.165) is 17.0 Å². The lowest BCUT2D eigenvalue weighted by Gasteiger charge is -2.16. The van der Waals surface area contributed by atoms with Crippen LogP contribution < -0.4 is 10.6 Å². The van der Waals surface area contributed by atoms with Crippen molar-refractivity contribution >= 4 is 29.3 Å². The van der Waals surface area contributed by atoms with Crippen molar-refractivity contribution in [2.24, 2.45) is 7.05 Å². The second kappa shape index (κ2) is 11.5. The third-order valence-electron chi connectivity index (χ3n) is 5.56. The van der Waals surface area contributed by atoms with E-state index in [4.69, 9.17) is 0 Å². The molecule has 178 valence electrons. The molecule has 4 aromatic rings. The van der Waals surface area contributed by atoms with E-state index in [9.17, 15) is 9.59 Å². The maximum absolute atomic E-state index is 12.9. The van der Waals surface area contributed by atoms with Crippen molar-refractivity contribution in [2.45, 2.75) is 24.5 Å². The van der Waals surface area contributed by atoms with Crippen molar-refractivity contribution in [3.8, 4) is 0 Å². The normalized spacial score (nSPS) is 11.6. The van der Waals surface area contributed by atoms with E-state index in [1.807, 2.05) is 79.2 Å². The second-order valence-corrected chi connectivity index (χ2v) is 9.05. The molecule has 7 nitrogen and oxygen atoms in total. The maximum atomic E-state index is 12.9. The summed E-state index contributed by atoms with van der Waals surface area (Å²) in [7, 11) is 1.89. The number of carbonyl (C=O) groups is 2. The number of aromatic nitrogens is 3. The zero-order valence-electron chi connectivity index (χ0n) is 19.6. The highest BCUT2D eigenvalue weighted by Gasteiger charge is 2.17. The average Bonchev–Trinajstić information content (AvgIpc) is 3.23. The largest absolute Gasteiger partial charge is 0.345 e. The Bertz CT molecular complexity index is 1290. The summed E-state index contributed by atoms with van der Waals surface area (Å²) in [6.07, 6.45) is 0.668. The van der Waals surface area contributed by atoms with Crippen molar-refractivity contribution in [3.05, 3.63) is 107 Å². The molecule has 1 heterocycles. The third kappa shape index (κ3) is 6.36. The Balaban J connectivity index is 1.36. The molecule has 0 bridgehead atoms. The van der Waals surface area contributed by atoms with Crippen molar-refractivity contribution in [1.29, 1.82) is 0 Å². The highest BCUT2D eigenvalue weighted by molar-refractivity contribution is 7.99. The first-order chi connectivity index (χ1) is 17.0. The minimum Gasteiger partial charge on any atom is -0.345 e. The van der Waals surface area contributed by atoms with Gasteiger partial charge in [-0.05, 0) is 30.2 Å². The van der Waals surface area contributed by atoms with Gasteiger partial charge in [0.25, 0.3) is 5.91 Å². The van der Waals surface area contributed by atoms with Gasteiger partial charge < -0.3 is 15.2 Å². The fourth-order valence-corrected chi connectivity index (χ4v) is 4.34. The monoisotopic (exact) mass is 485 g/mol. The van der Waals surface area contributed by atoms with Gasteiger partial charge in [-0.2, -0.15) is 0 Å². The summed E-state index contributed by atoms with van der Waals surface area (Å²) >= 11 is 1.30. The molecule has 0 spiro atoms. The summed E-state index contributed by atoms with van der Waals surface area (Å²) in [4.78, 5) is 25.6. The first-order valence-electron chi connectivity index (χ1n) is 11.3. The van der Waals surface area contributed by atoms with E-state index < -0.39 is 0 Å². The fraction of sp³-hybridized carbons (Fsp3) is 0.185. The van der Waals surface area contributed by atoms with Gasteiger partial charge in [-0.25, -0.2) is 0 Å². The predicted molar refractivity (Wildman–Crippen MR) is 138 cm³/mol. The van der Waals surface area contributed by atoms with Gasteiger partial charge in [-0.3, -0.25) is 9.59 Å². The van der Waals surface area contributed by atoms with E-state index in [1.54, 1.807) is 24.3 Å². The second-order valence-electron chi connectivity index (χ2n) is 8.11. The maximum Gasteiger partial charge on any atom is 0.253 e. The first-order valence-corrected chi connectivity index (χ1v) is 12.3. The molecule has 2 N–H and O–H groups in total. The molecule has 0 fully saturated rings. The highest BCUT2D eigenvalue weighted by Crippen LogP contribution is 2.21. The molecule has 0 saturated carbocycles. The quantitative estimate of drug-likeness (QED) is 0.338. The minimum absolute atomic E-state index is 0.147. The Morgan fingerprint density at radius 3 is 2.31 bits per heavy atom. The number of carbonyl (C=O) groups excluding carboxylic acids is 2. The Hall–Kier alpha value is -3.91. The average molecular weight is 486 g/mol. The number of amides is 2. The predicted octanol–water partition coefficient (Wildman–Crippen LogP) is 4.63. The Morgan fingerprint density at radius 2 is 1.57 bits per heavy atom. The highest BCUT2D eigenvalue weighted by atomic mass is 32.2. The number of anilines is 1. The smallest absolute Gasteiger partial charge is 0.253 e. The molecule has 4 rings (SSSR count). The van der Waals surface area contributed by atoms with Crippen LogP contribution in [0.25, 0.3) is 0 Å². The summed E-state index contributed by atoms with van der Waals surface area (Å²) in [5.74, 6) is 0.504. The number of hydrogen-bond acceptors (Lipinski definition) is 5. The number of rotatable bonds is 9. The van der Waals surface area contributed by atoms with E-state index in [-0.39, 0.29) is 23.6 Å². The van der Waals surface area contributed by atoms with Gasteiger partial charge in [0, 0.05) is 13.5 Å². The van der Waals surface area contributed by atoms with Gasteiger partial charge in [-0.15, -0.1) is 10.2 Å². The van der Waals surface area contributed by atoms with E-state index in [2.05, 4.69) is 20.8 Å². The lowest BCUT2D eigenvalue weighted by atomic mass is 10.1. The number of nitrogens with zero attached hydrogens (tertiary/aromatic N) is 3. The number of para-hydroxylation sites is 1. The van der Waals surface area contributed by atoms with Gasteiger partial charge in [-0.1, -0.05) is 84.6 Å². The molecule has 8 heteroatoms. The summed E-state index contributed by atoms with van der Waals surface area (Å²) in [6, 6.07) is 26.6. The number of thioether (sulfide) groups is 1. The molecule has 1 atom stereocenters. The SMILES string of the molecule is CC(NC(=O)c1ccccc1NC(=O)CSc1nnc(Cc2ccccc2)n1C)c1ccccc1. The van der Waals surface area contributed by atoms with Gasteiger partial charge >= 0.3 is 0 Å².